The number of anilines is 1. The van der Waals surface area contributed by atoms with E-state index in [2.05, 4.69) is 10.5 Å². The molecule has 2 aromatic rings. The van der Waals surface area contributed by atoms with E-state index in [1.165, 1.54) is 37.3 Å². The standard InChI is InChI=1S/C15H15N3O7/c1-9-7-13(17-25-9)16-15(20)10(2)24-14(19)8-23-12-5-3-11(4-6-12)18(21)22/h3-7,10H,8H2,1-2H3,(H,16,17,20)/t10-/m1/s1. The van der Waals surface area contributed by atoms with E-state index >= 15 is 0 Å². The Labute approximate surface area is 141 Å². The van der Waals surface area contributed by atoms with Crippen molar-refractivity contribution >= 4 is 23.4 Å². The van der Waals surface area contributed by atoms with E-state index < -0.39 is 29.5 Å². The number of carbonyl (C=O) groups is 2. The number of benzene rings is 1. The first-order chi connectivity index (χ1) is 11.8. The smallest absolute Gasteiger partial charge is 0.344 e. The number of rotatable bonds is 7. The Hall–Kier alpha value is -3.43. The van der Waals surface area contributed by atoms with Crippen molar-refractivity contribution in [2.75, 3.05) is 11.9 Å². The molecule has 0 aliphatic heterocycles. The highest BCUT2D eigenvalue weighted by molar-refractivity contribution is 5.94. The first-order valence-corrected chi connectivity index (χ1v) is 7.16. The molecule has 0 unspecified atom stereocenters. The van der Waals surface area contributed by atoms with E-state index in [1.807, 2.05) is 0 Å². The van der Waals surface area contributed by atoms with E-state index in [4.69, 9.17) is 14.0 Å². The maximum Gasteiger partial charge on any atom is 0.344 e. The van der Waals surface area contributed by atoms with Gasteiger partial charge in [-0.1, -0.05) is 5.16 Å². The van der Waals surface area contributed by atoms with Crippen molar-refractivity contribution in [2.45, 2.75) is 20.0 Å². The number of hydrogen-bond acceptors (Lipinski definition) is 8. The second kappa shape index (κ2) is 7.90. The summed E-state index contributed by atoms with van der Waals surface area (Å²) in [5, 5.41) is 16.6. The quantitative estimate of drug-likeness (QED) is 0.454. The minimum Gasteiger partial charge on any atom is -0.482 e. The summed E-state index contributed by atoms with van der Waals surface area (Å²) in [6.07, 6.45) is -1.06. The number of amides is 1. The summed E-state index contributed by atoms with van der Waals surface area (Å²) < 4.78 is 14.9. The third kappa shape index (κ3) is 5.30. The van der Waals surface area contributed by atoms with Gasteiger partial charge in [-0.05, 0) is 26.0 Å². The van der Waals surface area contributed by atoms with Gasteiger partial charge in [-0.25, -0.2) is 4.79 Å². The molecule has 1 N–H and O–H groups in total. The number of hydrogen-bond donors (Lipinski definition) is 1. The largest absolute Gasteiger partial charge is 0.482 e. The molecule has 1 amide bonds. The Kier molecular flexibility index (Phi) is 5.66. The van der Waals surface area contributed by atoms with Gasteiger partial charge in [0, 0.05) is 18.2 Å². The van der Waals surface area contributed by atoms with Gasteiger partial charge in [-0.3, -0.25) is 14.9 Å². The predicted octanol–water partition coefficient (Wildman–Crippen LogP) is 1.84. The SMILES string of the molecule is Cc1cc(NC(=O)[C@@H](C)OC(=O)COc2ccc([N+](=O)[O-])cc2)no1. The Balaban J connectivity index is 1.78. The van der Waals surface area contributed by atoms with E-state index in [0.717, 1.165) is 0 Å². The average Bonchev–Trinajstić information content (AvgIpc) is 2.98. The van der Waals surface area contributed by atoms with Gasteiger partial charge in [0.1, 0.15) is 11.5 Å². The van der Waals surface area contributed by atoms with Crippen molar-refractivity contribution in [3.8, 4) is 5.75 Å². The van der Waals surface area contributed by atoms with Gasteiger partial charge in [0.05, 0.1) is 4.92 Å². The minimum atomic E-state index is -1.06. The van der Waals surface area contributed by atoms with Crippen molar-refractivity contribution < 1.29 is 28.5 Å². The lowest BCUT2D eigenvalue weighted by Crippen LogP contribution is -2.31. The molecule has 10 nitrogen and oxygen atoms in total. The molecule has 0 aliphatic carbocycles. The molecule has 2 rings (SSSR count). The number of esters is 1. The van der Waals surface area contributed by atoms with Gasteiger partial charge in [-0.15, -0.1) is 0 Å². The van der Waals surface area contributed by atoms with Crippen LogP contribution in [0.3, 0.4) is 0 Å². The zero-order valence-electron chi connectivity index (χ0n) is 13.4. The number of nitro groups is 1. The molecule has 1 heterocycles. The summed E-state index contributed by atoms with van der Waals surface area (Å²) in [4.78, 5) is 33.5. The molecule has 132 valence electrons. The predicted molar refractivity (Wildman–Crippen MR) is 84.0 cm³/mol. The topological polar surface area (TPSA) is 134 Å². The first kappa shape index (κ1) is 17.9. The number of nitro benzene ring substituents is 1. The van der Waals surface area contributed by atoms with Crippen molar-refractivity contribution in [3.63, 3.8) is 0 Å². The molecule has 0 bridgehead atoms. The van der Waals surface area contributed by atoms with Crippen molar-refractivity contribution in [1.29, 1.82) is 0 Å². The van der Waals surface area contributed by atoms with Crippen LogP contribution in [-0.4, -0.2) is 34.7 Å². The van der Waals surface area contributed by atoms with Crippen LogP contribution in [0.2, 0.25) is 0 Å². The van der Waals surface area contributed by atoms with Gasteiger partial charge < -0.3 is 19.3 Å². The van der Waals surface area contributed by atoms with Crippen LogP contribution in [-0.2, 0) is 14.3 Å². The summed E-state index contributed by atoms with van der Waals surface area (Å²) in [6.45, 7) is 2.62. The molecule has 1 atom stereocenters. The van der Waals surface area contributed by atoms with Gasteiger partial charge in [0.25, 0.3) is 11.6 Å². The first-order valence-electron chi connectivity index (χ1n) is 7.16. The number of nitrogens with one attached hydrogen (secondary N) is 1. The van der Waals surface area contributed by atoms with Gasteiger partial charge >= 0.3 is 5.97 Å². The van der Waals surface area contributed by atoms with Crippen LogP contribution in [0.25, 0.3) is 0 Å². The third-order valence-corrected chi connectivity index (χ3v) is 2.96. The second-order valence-corrected chi connectivity index (χ2v) is 4.98. The second-order valence-electron chi connectivity index (χ2n) is 4.98. The lowest BCUT2D eigenvalue weighted by Gasteiger charge is -2.12. The molecule has 1 aromatic carbocycles. The van der Waals surface area contributed by atoms with Crippen LogP contribution in [0.4, 0.5) is 11.5 Å². The highest BCUT2D eigenvalue weighted by Crippen LogP contribution is 2.17. The van der Waals surface area contributed by atoms with Gasteiger partial charge in [-0.2, -0.15) is 0 Å². The fraction of sp³-hybridized carbons (Fsp3) is 0.267. The van der Waals surface area contributed by atoms with Gasteiger partial charge in [0.15, 0.2) is 18.5 Å². The average molecular weight is 349 g/mol. The molecule has 25 heavy (non-hydrogen) atoms. The Bertz CT molecular complexity index is 770. The van der Waals surface area contributed by atoms with E-state index in [9.17, 15) is 19.7 Å². The molecule has 0 aliphatic rings. The maximum atomic E-state index is 11.9. The molecule has 0 spiro atoms. The van der Waals surface area contributed by atoms with Crippen molar-refractivity contribution in [2.24, 2.45) is 0 Å². The van der Waals surface area contributed by atoms with Crippen LogP contribution in [0.1, 0.15) is 12.7 Å². The third-order valence-electron chi connectivity index (χ3n) is 2.96. The number of carbonyl (C=O) groups excluding carboxylic acids is 2. The highest BCUT2D eigenvalue weighted by atomic mass is 16.6. The zero-order chi connectivity index (χ0) is 18.4. The fourth-order valence-electron chi connectivity index (χ4n) is 1.74. The molecule has 0 fully saturated rings. The van der Waals surface area contributed by atoms with Crippen LogP contribution in [0, 0.1) is 17.0 Å². The van der Waals surface area contributed by atoms with Crippen LogP contribution < -0.4 is 10.1 Å². The minimum absolute atomic E-state index is 0.0942. The summed E-state index contributed by atoms with van der Waals surface area (Å²) in [5.41, 5.74) is -0.0942. The summed E-state index contributed by atoms with van der Waals surface area (Å²) in [7, 11) is 0. The lowest BCUT2D eigenvalue weighted by molar-refractivity contribution is -0.384. The summed E-state index contributed by atoms with van der Waals surface area (Å²) >= 11 is 0. The molecular formula is C15H15N3O7. The van der Waals surface area contributed by atoms with E-state index in [1.54, 1.807) is 6.92 Å². The van der Waals surface area contributed by atoms with Crippen LogP contribution in [0.15, 0.2) is 34.9 Å². The molecule has 0 saturated carbocycles. The maximum absolute atomic E-state index is 11.9. The normalized spacial score (nSPS) is 11.4. The number of ether oxygens (including phenoxy) is 2. The van der Waals surface area contributed by atoms with Crippen molar-refractivity contribution in [3.05, 3.63) is 46.2 Å². The molecule has 1 aromatic heterocycles. The number of aryl methyl sites for hydroxylation is 1. The zero-order valence-corrected chi connectivity index (χ0v) is 13.4. The Morgan fingerprint density at radius 3 is 2.60 bits per heavy atom. The fourth-order valence-corrected chi connectivity index (χ4v) is 1.74. The Morgan fingerprint density at radius 1 is 1.36 bits per heavy atom. The van der Waals surface area contributed by atoms with Gasteiger partial charge in [0.2, 0.25) is 0 Å². The molecule has 0 radical (unpaired) electrons. The number of non-ortho nitro benzene ring substituents is 1. The summed E-state index contributed by atoms with van der Waals surface area (Å²) in [5.74, 6) is -0.337. The van der Waals surface area contributed by atoms with Crippen LogP contribution in [0.5, 0.6) is 5.75 Å². The van der Waals surface area contributed by atoms with E-state index in [0.29, 0.717) is 5.76 Å². The van der Waals surface area contributed by atoms with Crippen molar-refractivity contribution in [1.82, 2.24) is 5.16 Å². The van der Waals surface area contributed by atoms with Crippen LogP contribution >= 0.6 is 0 Å². The Morgan fingerprint density at radius 2 is 2.04 bits per heavy atom. The van der Waals surface area contributed by atoms with E-state index in [-0.39, 0.29) is 17.3 Å². The molecule has 0 saturated heterocycles. The monoisotopic (exact) mass is 349 g/mol. The highest BCUT2D eigenvalue weighted by Gasteiger charge is 2.19. The molecular weight excluding hydrogens is 334 g/mol. The molecule has 10 heteroatoms. The number of aromatic nitrogens is 1. The summed E-state index contributed by atoms with van der Waals surface area (Å²) in [6, 6.07) is 6.72. The number of nitrogens with zero attached hydrogens (tertiary/aromatic N) is 2. The lowest BCUT2D eigenvalue weighted by atomic mass is 10.3.